The van der Waals surface area contributed by atoms with Crippen molar-refractivity contribution in [3.63, 3.8) is 0 Å². The number of nitrogens with one attached hydrogen (secondary N) is 1. The fourth-order valence-corrected chi connectivity index (χ4v) is 2.02. The molecule has 0 saturated heterocycles. The number of hydrogen-bond donors (Lipinski definition) is 1. The molecule has 0 unspecified atom stereocenters. The molecule has 0 aliphatic carbocycles. The van der Waals surface area contributed by atoms with Crippen molar-refractivity contribution in [1.82, 2.24) is 4.98 Å². The molecule has 1 heterocycles. The third-order valence-corrected chi connectivity index (χ3v) is 3.13. The van der Waals surface area contributed by atoms with Crippen LogP contribution in [0.3, 0.4) is 0 Å². The zero-order valence-corrected chi connectivity index (χ0v) is 10.9. The Morgan fingerprint density at radius 1 is 1.10 bits per heavy atom. The monoisotopic (exact) mass is 292 g/mol. The first-order valence-corrected chi connectivity index (χ1v) is 6.30. The largest absolute Gasteiger partial charge is 0.489 e. The molecule has 3 aromatic rings. The van der Waals surface area contributed by atoms with Crippen LogP contribution >= 0.6 is 0 Å². The SMILES string of the molecule is [2H]c1c[nH]c2ccc(COc3ccc(C(F)(F)F)cc3)cc12. The summed E-state index contributed by atoms with van der Waals surface area (Å²) in [5, 5.41) is 0.786. The van der Waals surface area contributed by atoms with Crippen LogP contribution in [0.4, 0.5) is 13.2 Å². The van der Waals surface area contributed by atoms with Gasteiger partial charge in [-0.25, -0.2) is 0 Å². The minimum absolute atomic E-state index is 0.228. The summed E-state index contributed by atoms with van der Waals surface area (Å²) >= 11 is 0. The van der Waals surface area contributed by atoms with Gasteiger partial charge in [0.2, 0.25) is 0 Å². The average Bonchev–Trinajstić information content (AvgIpc) is 2.86. The molecule has 0 aliphatic heterocycles. The quantitative estimate of drug-likeness (QED) is 0.739. The lowest BCUT2D eigenvalue weighted by atomic mass is 10.1. The number of benzene rings is 2. The highest BCUT2D eigenvalue weighted by Crippen LogP contribution is 2.30. The van der Waals surface area contributed by atoms with E-state index < -0.39 is 11.7 Å². The molecular weight excluding hydrogens is 279 g/mol. The number of aromatic nitrogens is 1. The number of hydrogen-bond acceptors (Lipinski definition) is 1. The summed E-state index contributed by atoms with van der Waals surface area (Å²) in [5.41, 5.74) is 1.01. The van der Waals surface area contributed by atoms with Gasteiger partial charge in [-0.3, -0.25) is 0 Å². The maximum Gasteiger partial charge on any atom is 0.416 e. The van der Waals surface area contributed by atoms with Crippen molar-refractivity contribution < 1.29 is 19.3 Å². The normalized spacial score (nSPS) is 12.4. The van der Waals surface area contributed by atoms with Gasteiger partial charge in [-0.2, -0.15) is 13.2 Å². The zero-order chi connectivity index (χ0) is 15.7. The molecule has 0 spiro atoms. The number of alkyl halides is 3. The molecule has 2 aromatic carbocycles. The van der Waals surface area contributed by atoms with Crippen LogP contribution in [0, 0.1) is 0 Å². The fourth-order valence-electron chi connectivity index (χ4n) is 2.02. The first-order chi connectivity index (χ1) is 10.4. The maximum atomic E-state index is 12.5. The lowest BCUT2D eigenvalue weighted by molar-refractivity contribution is -0.137. The van der Waals surface area contributed by atoms with E-state index in [1.54, 1.807) is 6.20 Å². The zero-order valence-electron chi connectivity index (χ0n) is 11.9. The van der Waals surface area contributed by atoms with Gasteiger partial charge < -0.3 is 9.72 Å². The molecule has 0 radical (unpaired) electrons. The minimum atomic E-state index is -4.34. The van der Waals surface area contributed by atoms with Gasteiger partial charge in [0.25, 0.3) is 0 Å². The molecule has 0 fully saturated rings. The van der Waals surface area contributed by atoms with Crippen molar-refractivity contribution in [1.29, 1.82) is 0 Å². The third kappa shape index (κ3) is 3.02. The van der Waals surface area contributed by atoms with E-state index in [1.165, 1.54) is 12.1 Å². The summed E-state index contributed by atoms with van der Waals surface area (Å²) in [6.45, 7) is 0.228. The fraction of sp³-hybridized carbons (Fsp3) is 0.125. The number of ether oxygens (including phenoxy) is 1. The van der Waals surface area contributed by atoms with Crippen LogP contribution in [-0.4, -0.2) is 4.98 Å². The van der Waals surface area contributed by atoms with E-state index in [-0.39, 0.29) is 6.61 Å². The van der Waals surface area contributed by atoms with Crippen LogP contribution in [0.25, 0.3) is 10.9 Å². The molecule has 1 aromatic heterocycles. The topological polar surface area (TPSA) is 25.0 Å². The van der Waals surface area contributed by atoms with Crippen molar-refractivity contribution in [2.45, 2.75) is 12.8 Å². The average molecular weight is 292 g/mol. The molecule has 0 bridgehead atoms. The molecule has 5 heteroatoms. The first-order valence-electron chi connectivity index (χ1n) is 6.80. The summed E-state index contributed by atoms with van der Waals surface area (Å²) in [4.78, 5) is 2.97. The van der Waals surface area contributed by atoms with Gasteiger partial charge in [0.05, 0.1) is 6.93 Å². The molecule has 0 atom stereocenters. The van der Waals surface area contributed by atoms with E-state index in [9.17, 15) is 13.2 Å². The standard InChI is InChI=1S/C16H12F3NO/c17-16(18,19)13-2-4-14(5-3-13)21-10-11-1-6-15-12(9-11)7-8-20-15/h1-9,20H,10H2/i7D. The lowest BCUT2D eigenvalue weighted by Gasteiger charge is -2.09. The second-order valence-corrected chi connectivity index (χ2v) is 4.62. The summed E-state index contributed by atoms with van der Waals surface area (Å²) in [7, 11) is 0. The maximum absolute atomic E-state index is 12.5. The first kappa shape index (κ1) is 12.3. The van der Waals surface area contributed by atoms with Crippen molar-refractivity contribution in [3.05, 3.63) is 65.8 Å². The summed E-state index contributed by atoms with van der Waals surface area (Å²) in [5.74, 6) is 0.369. The molecule has 1 N–H and O–H groups in total. The second kappa shape index (κ2) is 5.16. The Bertz CT molecular complexity index is 793. The van der Waals surface area contributed by atoms with Crippen molar-refractivity contribution in [3.8, 4) is 5.75 Å². The van der Waals surface area contributed by atoms with Crippen LogP contribution in [0.2, 0.25) is 0 Å². The minimum Gasteiger partial charge on any atom is -0.489 e. The molecule has 21 heavy (non-hydrogen) atoms. The smallest absolute Gasteiger partial charge is 0.416 e. The molecule has 3 rings (SSSR count). The van der Waals surface area contributed by atoms with Crippen LogP contribution in [-0.2, 0) is 12.8 Å². The number of rotatable bonds is 3. The summed E-state index contributed by atoms with van der Waals surface area (Å²) in [6, 6.07) is 10.5. The number of fused-ring (bicyclic) bond motifs is 1. The molecular formula is C16H12F3NO. The Kier molecular flexibility index (Phi) is 3.03. The lowest BCUT2D eigenvalue weighted by Crippen LogP contribution is -2.04. The van der Waals surface area contributed by atoms with Crippen LogP contribution in [0.5, 0.6) is 5.75 Å². The number of halogens is 3. The highest BCUT2D eigenvalue weighted by Gasteiger charge is 2.29. The predicted octanol–water partition coefficient (Wildman–Crippen LogP) is 4.77. The highest BCUT2D eigenvalue weighted by atomic mass is 19.4. The third-order valence-electron chi connectivity index (χ3n) is 3.13. The summed E-state index contributed by atoms with van der Waals surface area (Å²) in [6.07, 6.45) is -2.74. The number of aromatic amines is 1. The molecule has 0 amide bonds. The van der Waals surface area contributed by atoms with Gasteiger partial charge in [0.15, 0.2) is 0 Å². The van der Waals surface area contributed by atoms with E-state index in [1.807, 2.05) is 18.2 Å². The van der Waals surface area contributed by atoms with E-state index in [0.29, 0.717) is 11.8 Å². The highest BCUT2D eigenvalue weighted by molar-refractivity contribution is 5.79. The Morgan fingerprint density at radius 2 is 1.86 bits per heavy atom. The van der Waals surface area contributed by atoms with Gasteiger partial charge in [-0.1, -0.05) is 6.07 Å². The van der Waals surface area contributed by atoms with Gasteiger partial charge in [0.1, 0.15) is 12.4 Å². The van der Waals surface area contributed by atoms with Crippen molar-refractivity contribution >= 4 is 10.9 Å². The van der Waals surface area contributed by atoms with E-state index in [2.05, 4.69) is 4.98 Å². The van der Waals surface area contributed by atoms with Gasteiger partial charge in [-0.05, 0) is 53.4 Å². The Morgan fingerprint density at radius 3 is 2.57 bits per heavy atom. The molecule has 0 aliphatic rings. The van der Waals surface area contributed by atoms with Gasteiger partial charge >= 0.3 is 6.18 Å². The predicted molar refractivity (Wildman–Crippen MR) is 74.1 cm³/mol. The van der Waals surface area contributed by atoms with E-state index >= 15 is 0 Å². The number of H-pyrrole nitrogens is 1. The summed E-state index contributed by atoms with van der Waals surface area (Å²) < 4.78 is 50.6. The molecule has 0 saturated carbocycles. The van der Waals surface area contributed by atoms with Crippen LogP contribution in [0.1, 0.15) is 12.5 Å². The molecule has 108 valence electrons. The Balaban J connectivity index is 1.72. The van der Waals surface area contributed by atoms with Crippen molar-refractivity contribution in [2.75, 3.05) is 0 Å². The van der Waals surface area contributed by atoms with Crippen LogP contribution in [0.15, 0.2) is 54.7 Å². The molecule has 2 nitrogen and oxygen atoms in total. The van der Waals surface area contributed by atoms with Crippen LogP contribution < -0.4 is 4.74 Å². The Hall–Kier alpha value is -2.43. The van der Waals surface area contributed by atoms with Gasteiger partial charge in [-0.15, -0.1) is 0 Å². The van der Waals surface area contributed by atoms with E-state index in [4.69, 9.17) is 6.11 Å². The van der Waals surface area contributed by atoms with Gasteiger partial charge in [0, 0.05) is 11.7 Å². The second-order valence-electron chi connectivity index (χ2n) is 4.62. The Labute approximate surface area is 120 Å². The van der Waals surface area contributed by atoms with Crippen molar-refractivity contribution in [2.24, 2.45) is 0 Å². The van der Waals surface area contributed by atoms with E-state index in [0.717, 1.165) is 28.6 Å².